The van der Waals surface area contributed by atoms with E-state index in [0.717, 1.165) is 6.07 Å². The lowest BCUT2D eigenvalue weighted by Crippen LogP contribution is -2.28. The first kappa shape index (κ1) is 17.1. The summed E-state index contributed by atoms with van der Waals surface area (Å²) in [6, 6.07) is 6.57. The summed E-state index contributed by atoms with van der Waals surface area (Å²) >= 11 is 0. The summed E-state index contributed by atoms with van der Waals surface area (Å²) in [5.74, 6) is 0. The van der Waals surface area contributed by atoms with E-state index in [9.17, 15) is 23.1 Å². The van der Waals surface area contributed by atoms with Gasteiger partial charge in [-0.1, -0.05) is 18.2 Å². The smallest absolute Gasteiger partial charge is 0.391 e. The molecule has 0 radical (unpaired) electrons. The van der Waals surface area contributed by atoms with Crippen molar-refractivity contribution in [3.05, 3.63) is 70.5 Å². The van der Waals surface area contributed by atoms with Gasteiger partial charge in [0.15, 0.2) is 0 Å². The molecule has 1 unspecified atom stereocenters. The molecule has 0 aliphatic heterocycles. The molecule has 0 bridgehead atoms. The van der Waals surface area contributed by atoms with Crippen molar-refractivity contribution in [2.75, 3.05) is 0 Å². The molecule has 25 heavy (non-hydrogen) atoms. The van der Waals surface area contributed by atoms with Gasteiger partial charge >= 0.3 is 6.18 Å². The molecule has 0 saturated carbocycles. The number of aromatic nitrogens is 3. The van der Waals surface area contributed by atoms with Gasteiger partial charge in [-0.2, -0.15) is 13.2 Å². The number of pyridine rings is 1. The Morgan fingerprint density at radius 3 is 2.72 bits per heavy atom. The predicted molar refractivity (Wildman–Crippen MR) is 85.0 cm³/mol. The van der Waals surface area contributed by atoms with E-state index in [2.05, 4.69) is 9.97 Å². The van der Waals surface area contributed by atoms with Gasteiger partial charge in [0, 0.05) is 12.6 Å². The average molecular weight is 349 g/mol. The zero-order valence-electron chi connectivity index (χ0n) is 12.9. The van der Waals surface area contributed by atoms with Crippen LogP contribution in [0.15, 0.2) is 53.8 Å². The van der Waals surface area contributed by atoms with E-state index in [0.29, 0.717) is 10.9 Å². The molecule has 3 aromatic rings. The third-order valence-electron chi connectivity index (χ3n) is 3.81. The molecule has 1 aromatic carbocycles. The zero-order valence-corrected chi connectivity index (χ0v) is 12.9. The summed E-state index contributed by atoms with van der Waals surface area (Å²) in [4.78, 5) is 20.3. The van der Waals surface area contributed by atoms with Crippen LogP contribution in [0.3, 0.4) is 0 Å². The highest BCUT2D eigenvalue weighted by molar-refractivity contribution is 5.75. The van der Waals surface area contributed by atoms with Crippen LogP contribution in [0.2, 0.25) is 0 Å². The third kappa shape index (κ3) is 3.69. The lowest BCUT2D eigenvalue weighted by molar-refractivity contribution is -0.138. The van der Waals surface area contributed by atoms with E-state index in [4.69, 9.17) is 0 Å². The third-order valence-corrected chi connectivity index (χ3v) is 3.81. The average Bonchev–Trinajstić information content (AvgIpc) is 2.57. The number of hydrogen-bond acceptors (Lipinski definition) is 4. The van der Waals surface area contributed by atoms with E-state index in [1.807, 2.05) is 0 Å². The van der Waals surface area contributed by atoms with E-state index in [1.165, 1.54) is 47.6 Å². The highest BCUT2D eigenvalue weighted by Gasteiger charge is 2.33. The Bertz CT molecular complexity index is 954. The fourth-order valence-corrected chi connectivity index (χ4v) is 2.66. The Labute approximate surface area is 140 Å². The fraction of sp³-hybridized carbons (Fsp3) is 0.235. The molecule has 0 saturated heterocycles. The molecular formula is C17H14F3N3O2. The maximum absolute atomic E-state index is 13.0. The van der Waals surface area contributed by atoms with Crippen molar-refractivity contribution in [3.63, 3.8) is 0 Å². The first-order chi connectivity index (χ1) is 11.9. The van der Waals surface area contributed by atoms with Gasteiger partial charge in [0.05, 0.1) is 41.6 Å². The number of aliphatic hydroxyl groups is 1. The highest BCUT2D eigenvalue weighted by atomic mass is 19.4. The summed E-state index contributed by atoms with van der Waals surface area (Å²) < 4.78 is 40.2. The summed E-state index contributed by atoms with van der Waals surface area (Å²) in [5.41, 5.74) is -0.770. The molecule has 2 aromatic heterocycles. The van der Waals surface area contributed by atoms with Gasteiger partial charge < -0.3 is 5.11 Å². The Balaban J connectivity index is 1.84. The molecule has 0 aliphatic carbocycles. The van der Waals surface area contributed by atoms with Crippen LogP contribution in [-0.2, 0) is 19.1 Å². The molecule has 8 heteroatoms. The van der Waals surface area contributed by atoms with Crippen molar-refractivity contribution in [1.82, 2.24) is 14.5 Å². The molecule has 2 heterocycles. The Kier molecular flexibility index (Phi) is 4.54. The Morgan fingerprint density at radius 2 is 1.96 bits per heavy atom. The molecule has 3 rings (SSSR count). The van der Waals surface area contributed by atoms with Gasteiger partial charge in [-0.05, 0) is 17.7 Å². The number of rotatable bonds is 4. The van der Waals surface area contributed by atoms with Gasteiger partial charge in [-0.25, -0.2) is 4.98 Å². The van der Waals surface area contributed by atoms with Gasteiger partial charge in [0.2, 0.25) is 0 Å². The van der Waals surface area contributed by atoms with Crippen molar-refractivity contribution in [2.24, 2.45) is 0 Å². The summed E-state index contributed by atoms with van der Waals surface area (Å²) in [6.07, 6.45) is -1.74. The topological polar surface area (TPSA) is 68.0 Å². The summed E-state index contributed by atoms with van der Waals surface area (Å²) in [5, 5.41) is 10.5. The largest absolute Gasteiger partial charge is 0.416 e. The predicted octanol–water partition coefficient (Wildman–Crippen LogP) is 2.41. The first-order valence-corrected chi connectivity index (χ1v) is 7.48. The van der Waals surface area contributed by atoms with Crippen LogP contribution in [0.4, 0.5) is 13.2 Å². The number of nitrogens with zero attached hydrogens (tertiary/aromatic N) is 3. The molecule has 0 aliphatic rings. The fourth-order valence-electron chi connectivity index (χ4n) is 2.66. The van der Waals surface area contributed by atoms with E-state index in [1.54, 1.807) is 0 Å². The highest BCUT2D eigenvalue weighted by Crippen LogP contribution is 2.32. The molecular weight excluding hydrogens is 335 g/mol. The van der Waals surface area contributed by atoms with Crippen molar-refractivity contribution in [3.8, 4) is 0 Å². The molecule has 0 spiro atoms. The minimum Gasteiger partial charge on any atom is -0.391 e. The van der Waals surface area contributed by atoms with Crippen LogP contribution in [0.1, 0.15) is 11.1 Å². The maximum Gasteiger partial charge on any atom is 0.416 e. The van der Waals surface area contributed by atoms with Gasteiger partial charge in [-0.3, -0.25) is 14.3 Å². The van der Waals surface area contributed by atoms with Gasteiger partial charge in [0.1, 0.15) is 0 Å². The number of aliphatic hydroxyl groups excluding tert-OH is 1. The molecule has 0 amide bonds. The lowest BCUT2D eigenvalue weighted by atomic mass is 10.0. The first-order valence-electron chi connectivity index (χ1n) is 7.48. The monoisotopic (exact) mass is 349 g/mol. The van der Waals surface area contributed by atoms with Gasteiger partial charge in [0.25, 0.3) is 5.56 Å². The minimum atomic E-state index is -4.50. The van der Waals surface area contributed by atoms with Crippen molar-refractivity contribution < 1.29 is 18.3 Å². The normalized spacial score (nSPS) is 13.1. The lowest BCUT2D eigenvalue weighted by Gasteiger charge is -2.16. The second-order valence-corrected chi connectivity index (χ2v) is 5.61. The van der Waals surface area contributed by atoms with E-state index >= 15 is 0 Å². The van der Waals surface area contributed by atoms with E-state index in [-0.39, 0.29) is 24.1 Å². The molecule has 5 nitrogen and oxygen atoms in total. The Hall–Kier alpha value is -2.74. The van der Waals surface area contributed by atoms with Crippen LogP contribution in [-0.4, -0.2) is 25.7 Å². The maximum atomic E-state index is 13.0. The van der Waals surface area contributed by atoms with Crippen LogP contribution in [0.5, 0.6) is 0 Å². The van der Waals surface area contributed by atoms with Crippen molar-refractivity contribution >= 4 is 10.9 Å². The molecule has 1 N–H and O–H groups in total. The number of alkyl halides is 3. The standard InChI is InChI=1S/C17H14F3N3O2/c18-17(19,20)14-4-2-1-3-11(14)7-12(24)9-23-10-22-15-8-21-6-5-13(15)16(23)25/h1-6,8,10,12,24H,7,9H2. The minimum absolute atomic E-state index is 0.0199. The Morgan fingerprint density at radius 1 is 1.20 bits per heavy atom. The zero-order chi connectivity index (χ0) is 18.0. The van der Waals surface area contributed by atoms with Crippen LogP contribution >= 0.6 is 0 Å². The number of halogens is 3. The number of benzene rings is 1. The molecule has 130 valence electrons. The second-order valence-electron chi connectivity index (χ2n) is 5.61. The quantitative estimate of drug-likeness (QED) is 0.785. The van der Waals surface area contributed by atoms with Crippen LogP contribution < -0.4 is 5.56 Å². The molecule has 0 fully saturated rings. The van der Waals surface area contributed by atoms with Gasteiger partial charge in [-0.15, -0.1) is 0 Å². The van der Waals surface area contributed by atoms with Crippen molar-refractivity contribution in [1.29, 1.82) is 0 Å². The number of hydrogen-bond donors (Lipinski definition) is 1. The second kappa shape index (κ2) is 6.64. The van der Waals surface area contributed by atoms with Crippen LogP contribution in [0, 0.1) is 0 Å². The van der Waals surface area contributed by atoms with E-state index < -0.39 is 17.8 Å². The SMILES string of the molecule is O=c1c2ccncc2ncn1CC(O)Cc1ccccc1C(F)(F)F. The molecule has 1 atom stereocenters. The number of fused-ring (bicyclic) bond motifs is 1. The summed E-state index contributed by atoms with van der Waals surface area (Å²) in [6.45, 7) is -0.156. The van der Waals surface area contributed by atoms with Crippen molar-refractivity contribution in [2.45, 2.75) is 25.2 Å². The van der Waals surface area contributed by atoms with Crippen LogP contribution in [0.25, 0.3) is 10.9 Å². The summed E-state index contributed by atoms with van der Waals surface area (Å²) in [7, 11) is 0.